The van der Waals surface area contributed by atoms with Gasteiger partial charge in [-0.1, -0.05) is 0 Å². The molecule has 0 unspecified atom stereocenters. The van der Waals surface area contributed by atoms with E-state index in [1.807, 2.05) is 0 Å². The minimum atomic E-state index is -3.94. The van der Waals surface area contributed by atoms with Gasteiger partial charge < -0.3 is 4.74 Å². The normalized spacial score (nSPS) is 12.3. The smallest absolute Gasteiger partial charge is 0.247 e. The average molecular weight is 335 g/mol. The Kier molecular flexibility index (Phi) is 3.77. The minimum absolute atomic E-state index is 0.167. The Balaban J connectivity index is 2.46. The van der Waals surface area contributed by atoms with E-state index in [-0.39, 0.29) is 19.3 Å². The molecule has 0 atom stereocenters. The van der Waals surface area contributed by atoms with Gasteiger partial charge in [0.15, 0.2) is 5.03 Å². The summed E-state index contributed by atoms with van der Waals surface area (Å²) >= 11 is 0.552. The van der Waals surface area contributed by atoms with E-state index in [0.29, 0.717) is 11.3 Å². The van der Waals surface area contributed by atoms with Gasteiger partial charge >= 0.3 is 0 Å². The quantitative estimate of drug-likeness (QED) is 0.834. The fourth-order valence-electron chi connectivity index (χ4n) is 1.26. The van der Waals surface area contributed by atoms with Crippen LogP contribution in [-0.2, 0) is 19.9 Å². The van der Waals surface area contributed by atoms with Crippen molar-refractivity contribution < 1.29 is 21.6 Å². The summed E-state index contributed by atoms with van der Waals surface area (Å²) in [5.41, 5.74) is 0. The molecule has 8 nitrogen and oxygen atoms in total. The molecule has 0 spiro atoms. The number of hydrogen-bond donors (Lipinski definition) is 1. The molecule has 0 aliphatic carbocycles. The van der Waals surface area contributed by atoms with Gasteiger partial charge in [-0.25, -0.2) is 22.0 Å². The predicted octanol–water partition coefficient (Wildman–Crippen LogP) is 0.0269. The third-order valence-electron chi connectivity index (χ3n) is 2.20. The van der Waals surface area contributed by atoms with E-state index >= 15 is 0 Å². The van der Waals surface area contributed by atoms with Gasteiger partial charge in [0.1, 0.15) is 8.42 Å². The maximum atomic E-state index is 12.2. The summed E-state index contributed by atoms with van der Waals surface area (Å²) in [6, 6.07) is 4.85. The Morgan fingerprint density at radius 2 is 1.70 bits per heavy atom. The number of sulfonamides is 1. The molecule has 0 amide bonds. The van der Waals surface area contributed by atoms with E-state index in [4.69, 9.17) is 9.88 Å². The maximum Gasteiger partial charge on any atom is 0.247 e. The highest BCUT2D eigenvalue weighted by Crippen LogP contribution is 2.28. The lowest BCUT2D eigenvalue weighted by Gasteiger charge is -2.01. The van der Waals surface area contributed by atoms with Crippen molar-refractivity contribution in [3.63, 3.8) is 0 Å². The van der Waals surface area contributed by atoms with Crippen LogP contribution in [0.25, 0.3) is 0 Å². The summed E-state index contributed by atoms with van der Waals surface area (Å²) in [7, 11) is -6.50. The van der Waals surface area contributed by atoms with Crippen molar-refractivity contribution in [3.8, 4) is 5.88 Å². The number of nitrogens with zero attached hydrogens (tertiary/aromatic N) is 2. The standard InChI is InChI=1S/C9H9N3O5S3/c1-17-6-2-3-7(12-11-6)19(13,14)8-4-5-9(18-8)20(10,15)16/h2-5H,1H3,(H2,10,15,16). The van der Waals surface area contributed by atoms with Crippen LogP contribution in [0.3, 0.4) is 0 Å². The highest BCUT2D eigenvalue weighted by Gasteiger charge is 2.24. The molecule has 2 N–H and O–H groups in total. The average Bonchev–Trinajstić information content (AvgIpc) is 2.89. The van der Waals surface area contributed by atoms with Crippen LogP contribution in [0, 0.1) is 0 Å². The van der Waals surface area contributed by atoms with Gasteiger partial charge in [0, 0.05) is 6.07 Å². The van der Waals surface area contributed by atoms with Crippen LogP contribution in [0.1, 0.15) is 0 Å². The van der Waals surface area contributed by atoms with E-state index in [9.17, 15) is 16.8 Å². The molecule has 0 saturated carbocycles. The molecular formula is C9H9N3O5S3. The first-order chi connectivity index (χ1) is 9.25. The van der Waals surface area contributed by atoms with Crippen LogP contribution in [0.2, 0.25) is 0 Å². The minimum Gasteiger partial charge on any atom is -0.480 e. The molecule has 108 valence electrons. The third kappa shape index (κ3) is 2.80. The lowest BCUT2D eigenvalue weighted by molar-refractivity contribution is 0.389. The van der Waals surface area contributed by atoms with Gasteiger partial charge in [-0.15, -0.1) is 21.5 Å². The molecule has 11 heteroatoms. The zero-order valence-corrected chi connectivity index (χ0v) is 12.5. The van der Waals surface area contributed by atoms with Gasteiger partial charge in [-0.3, -0.25) is 0 Å². The molecule has 2 aromatic rings. The van der Waals surface area contributed by atoms with Gasteiger partial charge in [-0.05, 0) is 18.2 Å². The number of ether oxygens (including phenoxy) is 1. The summed E-state index contributed by atoms with van der Waals surface area (Å²) in [6.45, 7) is 0. The first-order valence-electron chi connectivity index (χ1n) is 5.00. The van der Waals surface area contributed by atoms with Crippen LogP contribution < -0.4 is 9.88 Å². The van der Waals surface area contributed by atoms with E-state index in [1.165, 1.54) is 19.2 Å². The molecule has 0 aliphatic rings. The van der Waals surface area contributed by atoms with E-state index in [2.05, 4.69) is 10.2 Å². The lowest BCUT2D eigenvalue weighted by Crippen LogP contribution is -2.10. The number of primary sulfonamides is 1. The molecule has 0 saturated heterocycles. The monoisotopic (exact) mass is 335 g/mol. The second kappa shape index (κ2) is 5.09. The fraction of sp³-hybridized carbons (Fsp3) is 0.111. The van der Waals surface area contributed by atoms with Crippen molar-refractivity contribution in [2.45, 2.75) is 13.4 Å². The summed E-state index contributed by atoms with van der Waals surface area (Å²) in [4.78, 5) is 0. The summed E-state index contributed by atoms with van der Waals surface area (Å²) in [6.07, 6.45) is 0. The molecule has 0 aliphatic heterocycles. The molecule has 2 heterocycles. The molecule has 2 aromatic heterocycles. The maximum absolute atomic E-state index is 12.2. The van der Waals surface area contributed by atoms with Gasteiger partial charge in [0.2, 0.25) is 25.7 Å². The van der Waals surface area contributed by atoms with Crippen LogP contribution in [0.4, 0.5) is 0 Å². The Labute approximate surface area is 119 Å². The number of rotatable bonds is 4. The molecule has 2 rings (SSSR count). The molecular weight excluding hydrogens is 326 g/mol. The summed E-state index contributed by atoms with van der Waals surface area (Å²) in [5.74, 6) is 0.167. The summed E-state index contributed by atoms with van der Waals surface area (Å²) in [5, 5.41) is 11.7. The Bertz CT molecular complexity index is 824. The van der Waals surface area contributed by atoms with Crippen molar-refractivity contribution in [2.24, 2.45) is 5.14 Å². The first-order valence-corrected chi connectivity index (χ1v) is 8.85. The van der Waals surface area contributed by atoms with Crippen molar-refractivity contribution in [2.75, 3.05) is 7.11 Å². The number of sulfone groups is 1. The molecule has 0 fully saturated rings. The Hall–Kier alpha value is -1.56. The van der Waals surface area contributed by atoms with E-state index < -0.39 is 19.9 Å². The number of hydrogen-bond acceptors (Lipinski definition) is 8. The van der Waals surface area contributed by atoms with Crippen LogP contribution in [-0.4, -0.2) is 34.1 Å². The first kappa shape index (κ1) is 14.8. The number of nitrogens with two attached hydrogens (primary N) is 1. The van der Waals surface area contributed by atoms with Crippen molar-refractivity contribution in [1.29, 1.82) is 0 Å². The predicted molar refractivity (Wildman–Crippen MR) is 69.7 cm³/mol. The summed E-state index contributed by atoms with van der Waals surface area (Å²) < 4.78 is 51.1. The lowest BCUT2D eigenvalue weighted by atomic mass is 10.6. The second-order valence-corrected chi connectivity index (χ2v) is 8.53. The zero-order valence-electron chi connectivity index (χ0n) is 10.0. The number of aromatic nitrogens is 2. The van der Waals surface area contributed by atoms with Crippen LogP contribution in [0.15, 0.2) is 37.7 Å². The van der Waals surface area contributed by atoms with Gasteiger partial charge in [0.25, 0.3) is 0 Å². The van der Waals surface area contributed by atoms with Crippen LogP contribution in [0.5, 0.6) is 5.88 Å². The van der Waals surface area contributed by atoms with Crippen LogP contribution >= 0.6 is 11.3 Å². The van der Waals surface area contributed by atoms with Gasteiger partial charge in [0.05, 0.1) is 7.11 Å². The highest BCUT2D eigenvalue weighted by molar-refractivity contribution is 7.95. The zero-order chi connectivity index (χ0) is 15.0. The second-order valence-electron chi connectivity index (χ2n) is 3.54. The fourth-order valence-corrected chi connectivity index (χ4v) is 4.70. The topological polar surface area (TPSA) is 129 Å². The Morgan fingerprint density at radius 3 is 2.15 bits per heavy atom. The molecule has 0 radical (unpaired) electrons. The highest BCUT2D eigenvalue weighted by atomic mass is 32.3. The SMILES string of the molecule is COc1ccc(S(=O)(=O)c2ccc(S(N)(=O)=O)s2)nn1. The molecule has 0 bridgehead atoms. The number of methoxy groups -OCH3 is 1. The number of thiophene rings is 1. The van der Waals surface area contributed by atoms with Gasteiger partial charge in [-0.2, -0.15) is 0 Å². The van der Waals surface area contributed by atoms with Crippen molar-refractivity contribution >= 4 is 31.2 Å². The Morgan fingerprint density at radius 1 is 1.05 bits per heavy atom. The van der Waals surface area contributed by atoms with E-state index in [1.54, 1.807) is 0 Å². The molecule has 0 aromatic carbocycles. The van der Waals surface area contributed by atoms with Crippen molar-refractivity contribution in [3.05, 3.63) is 24.3 Å². The van der Waals surface area contributed by atoms with E-state index in [0.717, 1.165) is 12.1 Å². The third-order valence-corrected chi connectivity index (χ3v) is 6.86. The largest absolute Gasteiger partial charge is 0.480 e. The van der Waals surface area contributed by atoms with Crippen molar-refractivity contribution in [1.82, 2.24) is 10.2 Å². The molecule has 20 heavy (non-hydrogen) atoms.